The second-order valence-corrected chi connectivity index (χ2v) is 7.11. The van der Waals surface area contributed by atoms with Crippen LogP contribution in [0.15, 0.2) is 23.7 Å². The molecule has 1 aromatic rings. The molecule has 1 heterocycles. The van der Waals surface area contributed by atoms with Crippen molar-refractivity contribution in [2.75, 3.05) is 13.6 Å². The number of hydrogen-bond acceptors (Lipinski definition) is 3. The maximum Gasteiger partial charge on any atom is 0.491 e. The standard InChI is InChI=1S/C17H22BF4NO2/c1-15(2)16(3,4)25-18(24-15)13(10-23-5)7-11-6-12(17(20,21)22)9-14(19)8-11/h6-9,23H,10H2,1-5H3. The molecule has 1 N–H and O–H groups in total. The van der Waals surface area contributed by atoms with Crippen LogP contribution in [-0.2, 0) is 15.5 Å². The lowest BCUT2D eigenvalue weighted by Crippen LogP contribution is -2.41. The highest BCUT2D eigenvalue weighted by Gasteiger charge is 2.52. The Hall–Kier alpha value is -1.38. The predicted octanol–water partition coefficient (Wildman–Crippen LogP) is 4.08. The smallest absolute Gasteiger partial charge is 0.400 e. The molecule has 138 valence electrons. The molecule has 0 aromatic heterocycles. The van der Waals surface area contributed by atoms with Gasteiger partial charge in [0.15, 0.2) is 0 Å². The molecule has 0 atom stereocenters. The zero-order valence-electron chi connectivity index (χ0n) is 14.9. The molecular weight excluding hydrogens is 337 g/mol. The zero-order valence-corrected chi connectivity index (χ0v) is 14.9. The minimum Gasteiger partial charge on any atom is -0.400 e. The van der Waals surface area contributed by atoms with Crippen molar-refractivity contribution in [2.45, 2.75) is 45.1 Å². The molecule has 1 aliphatic rings. The summed E-state index contributed by atoms with van der Waals surface area (Å²) in [5.74, 6) is -0.946. The van der Waals surface area contributed by atoms with Crippen LogP contribution >= 0.6 is 0 Å². The second kappa shape index (κ2) is 6.74. The van der Waals surface area contributed by atoms with Crippen LogP contribution in [0.5, 0.6) is 0 Å². The maximum atomic E-state index is 13.6. The van der Waals surface area contributed by atoms with Crippen molar-refractivity contribution in [2.24, 2.45) is 0 Å². The van der Waals surface area contributed by atoms with Crippen LogP contribution in [0.25, 0.3) is 6.08 Å². The van der Waals surface area contributed by atoms with Gasteiger partial charge in [0.25, 0.3) is 0 Å². The molecule has 0 radical (unpaired) electrons. The molecule has 1 saturated heterocycles. The summed E-state index contributed by atoms with van der Waals surface area (Å²) in [4.78, 5) is 0. The molecule has 1 aromatic carbocycles. The number of benzene rings is 1. The van der Waals surface area contributed by atoms with Crippen LogP contribution in [-0.4, -0.2) is 31.9 Å². The number of nitrogens with one attached hydrogen (secondary N) is 1. The summed E-state index contributed by atoms with van der Waals surface area (Å²) in [5, 5.41) is 2.93. The topological polar surface area (TPSA) is 30.5 Å². The van der Waals surface area contributed by atoms with E-state index < -0.39 is 35.9 Å². The highest BCUT2D eigenvalue weighted by molar-refractivity contribution is 6.55. The fourth-order valence-electron chi connectivity index (χ4n) is 2.47. The van der Waals surface area contributed by atoms with Crippen LogP contribution in [0.1, 0.15) is 38.8 Å². The number of likely N-dealkylation sites (N-methyl/N-ethyl adjacent to an activating group) is 1. The summed E-state index contributed by atoms with van der Waals surface area (Å²) in [6, 6.07) is 2.43. The van der Waals surface area contributed by atoms with Gasteiger partial charge in [-0.1, -0.05) is 6.08 Å². The van der Waals surface area contributed by atoms with Crippen molar-refractivity contribution < 1.29 is 26.9 Å². The first-order valence-corrected chi connectivity index (χ1v) is 7.94. The SMILES string of the molecule is CNCC(=Cc1cc(F)cc(C(F)(F)F)c1)B1OC(C)(C)C(C)(C)O1. The first-order valence-electron chi connectivity index (χ1n) is 7.94. The van der Waals surface area contributed by atoms with Gasteiger partial charge < -0.3 is 14.6 Å². The third kappa shape index (κ3) is 4.43. The van der Waals surface area contributed by atoms with Gasteiger partial charge in [0.05, 0.1) is 16.8 Å². The number of rotatable bonds is 4. The van der Waals surface area contributed by atoms with Gasteiger partial charge in [0.2, 0.25) is 0 Å². The molecule has 8 heteroatoms. The normalized spacial score (nSPS) is 20.2. The molecule has 1 fully saturated rings. The van der Waals surface area contributed by atoms with E-state index in [9.17, 15) is 17.6 Å². The van der Waals surface area contributed by atoms with Gasteiger partial charge in [-0.05, 0) is 64.0 Å². The zero-order chi connectivity index (χ0) is 19.0. The molecule has 25 heavy (non-hydrogen) atoms. The molecule has 2 rings (SSSR count). The fourth-order valence-corrected chi connectivity index (χ4v) is 2.47. The lowest BCUT2D eigenvalue weighted by molar-refractivity contribution is -0.137. The minimum absolute atomic E-state index is 0.104. The summed E-state index contributed by atoms with van der Waals surface area (Å²) in [5.41, 5.74) is -1.50. The molecule has 0 unspecified atom stereocenters. The molecule has 0 spiro atoms. The van der Waals surface area contributed by atoms with E-state index in [0.29, 0.717) is 18.1 Å². The van der Waals surface area contributed by atoms with E-state index in [1.54, 1.807) is 7.05 Å². The summed E-state index contributed by atoms with van der Waals surface area (Å²) in [7, 11) is 0.973. The predicted molar refractivity (Wildman–Crippen MR) is 89.4 cm³/mol. The van der Waals surface area contributed by atoms with Crippen molar-refractivity contribution in [3.05, 3.63) is 40.6 Å². The monoisotopic (exact) mass is 359 g/mol. The van der Waals surface area contributed by atoms with Crippen LogP contribution in [0, 0.1) is 5.82 Å². The third-order valence-corrected chi connectivity index (χ3v) is 4.54. The van der Waals surface area contributed by atoms with Crippen LogP contribution < -0.4 is 5.32 Å². The highest BCUT2D eigenvalue weighted by atomic mass is 19.4. The lowest BCUT2D eigenvalue weighted by Gasteiger charge is -2.32. The molecule has 0 amide bonds. The third-order valence-electron chi connectivity index (χ3n) is 4.54. The average molecular weight is 359 g/mol. The van der Waals surface area contributed by atoms with E-state index >= 15 is 0 Å². The number of halogens is 4. The van der Waals surface area contributed by atoms with Crippen molar-refractivity contribution in [3.63, 3.8) is 0 Å². The molecule has 3 nitrogen and oxygen atoms in total. The van der Waals surface area contributed by atoms with Gasteiger partial charge in [-0.3, -0.25) is 0 Å². The molecule has 1 aliphatic heterocycles. The highest BCUT2D eigenvalue weighted by Crippen LogP contribution is 2.39. The Balaban J connectivity index is 2.40. The van der Waals surface area contributed by atoms with Crippen molar-refractivity contribution in [1.29, 1.82) is 0 Å². The van der Waals surface area contributed by atoms with Gasteiger partial charge in [0, 0.05) is 6.54 Å². The van der Waals surface area contributed by atoms with E-state index in [0.717, 1.165) is 12.1 Å². The van der Waals surface area contributed by atoms with E-state index in [2.05, 4.69) is 5.32 Å². The number of hydrogen-bond donors (Lipinski definition) is 1. The largest absolute Gasteiger partial charge is 0.491 e. The van der Waals surface area contributed by atoms with Crippen LogP contribution in [0.4, 0.5) is 17.6 Å². The Kier molecular flexibility index (Phi) is 5.38. The Labute approximate surface area is 145 Å². The Morgan fingerprint density at radius 3 is 2.16 bits per heavy atom. The molecular formula is C17H22BF4NO2. The van der Waals surface area contributed by atoms with Crippen molar-refractivity contribution >= 4 is 13.2 Å². The van der Waals surface area contributed by atoms with Gasteiger partial charge in [-0.25, -0.2) is 4.39 Å². The minimum atomic E-state index is -4.61. The van der Waals surface area contributed by atoms with Crippen LogP contribution in [0.3, 0.4) is 0 Å². The van der Waals surface area contributed by atoms with E-state index in [1.807, 2.05) is 27.7 Å². The summed E-state index contributed by atoms with van der Waals surface area (Å²) in [6.07, 6.45) is -3.14. The van der Waals surface area contributed by atoms with Crippen molar-refractivity contribution in [3.8, 4) is 0 Å². The van der Waals surface area contributed by atoms with E-state index in [1.165, 1.54) is 6.08 Å². The van der Waals surface area contributed by atoms with Crippen molar-refractivity contribution in [1.82, 2.24) is 5.32 Å². The second-order valence-electron chi connectivity index (χ2n) is 7.11. The Morgan fingerprint density at radius 2 is 1.68 bits per heavy atom. The molecule has 0 saturated carbocycles. The first kappa shape index (κ1) is 19.9. The summed E-state index contributed by atoms with van der Waals surface area (Å²) < 4.78 is 64.1. The maximum absolute atomic E-state index is 13.6. The first-order chi connectivity index (χ1) is 11.4. The van der Waals surface area contributed by atoms with E-state index in [4.69, 9.17) is 9.31 Å². The molecule has 0 aliphatic carbocycles. The quantitative estimate of drug-likeness (QED) is 0.649. The summed E-state index contributed by atoms with van der Waals surface area (Å²) in [6.45, 7) is 7.86. The fraction of sp³-hybridized carbons (Fsp3) is 0.529. The van der Waals surface area contributed by atoms with Gasteiger partial charge in [0.1, 0.15) is 5.82 Å². The Bertz CT molecular complexity index is 655. The molecule has 0 bridgehead atoms. The number of alkyl halides is 3. The summed E-state index contributed by atoms with van der Waals surface area (Å²) >= 11 is 0. The van der Waals surface area contributed by atoms with Crippen LogP contribution in [0.2, 0.25) is 0 Å². The average Bonchev–Trinajstić information content (AvgIpc) is 2.65. The Morgan fingerprint density at radius 1 is 1.12 bits per heavy atom. The van der Waals surface area contributed by atoms with Gasteiger partial charge >= 0.3 is 13.3 Å². The van der Waals surface area contributed by atoms with E-state index in [-0.39, 0.29) is 5.56 Å². The van der Waals surface area contributed by atoms with Gasteiger partial charge in [-0.15, -0.1) is 0 Å². The van der Waals surface area contributed by atoms with Gasteiger partial charge in [-0.2, -0.15) is 13.2 Å². The lowest BCUT2D eigenvalue weighted by atomic mass is 9.77.